The highest BCUT2D eigenvalue weighted by Crippen LogP contribution is 2.19. The molecule has 1 saturated heterocycles. The fraction of sp³-hybridized carbons (Fsp3) is 0.500. The molecule has 0 amide bonds. The summed E-state index contributed by atoms with van der Waals surface area (Å²) < 4.78 is 0. The third-order valence-electron chi connectivity index (χ3n) is 5.04. The van der Waals surface area contributed by atoms with Crippen LogP contribution in [0.2, 0.25) is 0 Å². The van der Waals surface area contributed by atoms with E-state index in [-0.39, 0.29) is 25.7 Å². The van der Waals surface area contributed by atoms with E-state index in [9.17, 15) is 24.6 Å². The molecule has 0 radical (unpaired) electrons. The van der Waals surface area contributed by atoms with Crippen LogP contribution in [0.3, 0.4) is 0 Å². The smallest absolute Gasteiger partial charge is 0.317 e. The first-order valence-electron chi connectivity index (χ1n) is 9.76. The Morgan fingerprint density at radius 2 is 1.45 bits per heavy atom. The summed E-state index contributed by atoms with van der Waals surface area (Å²) >= 11 is 1.05. The number of carboxylic acids is 3. The van der Waals surface area contributed by atoms with E-state index in [1.165, 1.54) is 0 Å². The Morgan fingerprint density at radius 3 is 2.03 bits per heavy atom. The van der Waals surface area contributed by atoms with Crippen LogP contribution in [0.25, 0.3) is 0 Å². The summed E-state index contributed by atoms with van der Waals surface area (Å²) in [7, 11) is 0. The van der Waals surface area contributed by atoms with Crippen LogP contribution in [-0.4, -0.2) is 106 Å². The van der Waals surface area contributed by atoms with E-state index in [0.29, 0.717) is 39.1 Å². The van der Waals surface area contributed by atoms with Gasteiger partial charge < -0.3 is 15.3 Å². The van der Waals surface area contributed by atoms with Gasteiger partial charge in [-0.1, -0.05) is 12.1 Å². The molecule has 1 atom stereocenters. The minimum Gasteiger partial charge on any atom is -0.480 e. The molecule has 0 saturated carbocycles. The Morgan fingerprint density at radius 1 is 0.903 bits per heavy atom. The summed E-state index contributed by atoms with van der Waals surface area (Å²) in [4.78, 5) is 40.0. The molecule has 11 heteroatoms. The molecule has 3 N–H and O–H groups in total. The Bertz CT molecular complexity index is 813. The molecule has 168 valence electrons. The van der Waals surface area contributed by atoms with Gasteiger partial charge >= 0.3 is 17.9 Å². The molecule has 1 aliphatic heterocycles. The Balaban J connectivity index is 2.26. The number of nitriles is 1. The van der Waals surface area contributed by atoms with Gasteiger partial charge in [0.05, 0.1) is 19.6 Å². The molecule has 1 unspecified atom stereocenters. The lowest BCUT2D eigenvalue weighted by atomic mass is 10.0. The molecule has 0 aliphatic carbocycles. The second-order valence-electron chi connectivity index (χ2n) is 7.36. The van der Waals surface area contributed by atoms with Gasteiger partial charge in [0.25, 0.3) is 0 Å². The van der Waals surface area contributed by atoms with Crippen LogP contribution in [0, 0.1) is 10.7 Å². The lowest BCUT2D eigenvalue weighted by Gasteiger charge is -2.33. The molecule has 1 aromatic rings. The highest BCUT2D eigenvalue weighted by molar-refractivity contribution is 8.03. The highest BCUT2D eigenvalue weighted by Gasteiger charge is 2.27. The number of rotatable bonds is 9. The molecule has 0 bridgehead atoms. The van der Waals surface area contributed by atoms with Crippen molar-refractivity contribution in [3.05, 3.63) is 29.8 Å². The van der Waals surface area contributed by atoms with E-state index in [1.807, 2.05) is 29.7 Å². The number of hydrogen-bond donors (Lipinski definition) is 3. The van der Waals surface area contributed by atoms with Gasteiger partial charge in [-0.05, 0) is 35.9 Å². The fourth-order valence-corrected chi connectivity index (χ4v) is 4.01. The fourth-order valence-electron chi connectivity index (χ4n) is 3.63. The number of thioether (sulfide) groups is 1. The van der Waals surface area contributed by atoms with Gasteiger partial charge in [-0.15, -0.1) is 0 Å². The Labute approximate surface area is 184 Å². The Kier molecular flexibility index (Phi) is 9.74. The predicted molar refractivity (Wildman–Crippen MR) is 113 cm³/mol. The molecule has 10 nitrogen and oxygen atoms in total. The lowest BCUT2D eigenvalue weighted by molar-refractivity contribution is -0.140. The summed E-state index contributed by atoms with van der Waals surface area (Å²) in [5.74, 6) is -2.98. The molecule has 0 spiro atoms. The summed E-state index contributed by atoms with van der Waals surface area (Å²) in [6.45, 7) is 1.19. The maximum atomic E-state index is 11.5. The van der Waals surface area contributed by atoms with Crippen LogP contribution in [0.15, 0.2) is 29.2 Å². The molecule has 1 fully saturated rings. The van der Waals surface area contributed by atoms with Crippen LogP contribution in [0.1, 0.15) is 5.56 Å². The van der Waals surface area contributed by atoms with E-state index in [4.69, 9.17) is 10.4 Å². The lowest BCUT2D eigenvalue weighted by Crippen LogP contribution is -2.49. The third-order valence-corrected chi connectivity index (χ3v) is 5.63. The molecule has 0 aromatic heterocycles. The minimum absolute atomic E-state index is 0.190. The molecular weight excluding hydrogens is 424 g/mol. The summed E-state index contributed by atoms with van der Waals surface area (Å²) in [5, 5.41) is 38.6. The van der Waals surface area contributed by atoms with Crippen molar-refractivity contribution in [3.63, 3.8) is 0 Å². The molecule has 1 aliphatic rings. The standard InChI is InChI=1S/C20H26N4O6S/c21-14-31-17-3-1-15(2-4-17)9-16-10-23(12-19(27)28)6-5-22(11-18(25)26)7-8-24(16)13-20(29)30/h1-4,16H,5-13H2,(H,25,26)(H,27,28)(H,29,30). The first-order chi connectivity index (χ1) is 14.8. The van der Waals surface area contributed by atoms with Crippen molar-refractivity contribution in [3.8, 4) is 5.40 Å². The third kappa shape index (κ3) is 8.94. The topological polar surface area (TPSA) is 145 Å². The van der Waals surface area contributed by atoms with Crippen LogP contribution < -0.4 is 0 Å². The van der Waals surface area contributed by atoms with E-state index >= 15 is 0 Å². The number of benzene rings is 1. The second kappa shape index (κ2) is 12.3. The monoisotopic (exact) mass is 450 g/mol. The molecular formula is C20H26N4O6S. The number of nitrogens with zero attached hydrogens (tertiary/aromatic N) is 4. The van der Waals surface area contributed by atoms with Gasteiger partial charge in [-0.25, -0.2) is 0 Å². The maximum Gasteiger partial charge on any atom is 0.317 e. The summed E-state index contributed by atoms with van der Waals surface area (Å²) in [5.41, 5.74) is 0.944. The number of carbonyl (C=O) groups is 3. The van der Waals surface area contributed by atoms with Crippen LogP contribution in [-0.2, 0) is 20.8 Å². The first-order valence-corrected chi connectivity index (χ1v) is 10.6. The van der Waals surface area contributed by atoms with Crippen molar-refractivity contribution in [2.24, 2.45) is 0 Å². The van der Waals surface area contributed by atoms with E-state index in [1.54, 1.807) is 14.7 Å². The molecule has 2 rings (SSSR count). The zero-order chi connectivity index (χ0) is 22.8. The number of thiocyanates is 1. The van der Waals surface area contributed by atoms with Crippen molar-refractivity contribution in [2.75, 3.05) is 52.4 Å². The normalized spacial score (nSPS) is 19.0. The van der Waals surface area contributed by atoms with Crippen molar-refractivity contribution in [1.29, 1.82) is 5.26 Å². The van der Waals surface area contributed by atoms with Gasteiger partial charge in [0.15, 0.2) is 0 Å². The molecule has 1 aromatic carbocycles. The summed E-state index contributed by atoms with van der Waals surface area (Å²) in [6.07, 6.45) is 0.500. The zero-order valence-corrected chi connectivity index (χ0v) is 17.8. The predicted octanol–water partition coefficient (Wildman–Crippen LogP) is 0.344. The second-order valence-corrected chi connectivity index (χ2v) is 8.22. The van der Waals surface area contributed by atoms with Crippen LogP contribution in [0.4, 0.5) is 0 Å². The quantitative estimate of drug-likeness (QED) is 0.354. The Hall–Kier alpha value is -2.65. The highest BCUT2D eigenvalue weighted by atomic mass is 32.2. The summed E-state index contributed by atoms with van der Waals surface area (Å²) in [6, 6.07) is 7.13. The van der Waals surface area contributed by atoms with Crippen molar-refractivity contribution >= 4 is 29.7 Å². The van der Waals surface area contributed by atoms with Gasteiger partial charge in [0.1, 0.15) is 5.40 Å². The van der Waals surface area contributed by atoms with E-state index in [2.05, 4.69) is 0 Å². The average molecular weight is 451 g/mol. The van der Waals surface area contributed by atoms with Gasteiger partial charge in [0, 0.05) is 43.7 Å². The molecule has 1 heterocycles. The SMILES string of the molecule is N#CSc1ccc(CC2CN(CC(=O)O)CCN(CC(=O)O)CCN2CC(=O)O)cc1. The van der Waals surface area contributed by atoms with Gasteiger partial charge in [-0.2, -0.15) is 5.26 Å². The number of carboxylic acid groups (broad SMARTS) is 3. The van der Waals surface area contributed by atoms with Crippen molar-refractivity contribution in [1.82, 2.24) is 14.7 Å². The number of aliphatic carboxylic acids is 3. The average Bonchev–Trinajstić information content (AvgIpc) is 2.74. The number of hydrogen-bond acceptors (Lipinski definition) is 8. The maximum absolute atomic E-state index is 11.5. The minimum atomic E-state index is -1.00. The van der Waals surface area contributed by atoms with Crippen LogP contribution >= 0.6 is 11.8 Å². The van der Waals surface area contributed by atoms with Gasteiger partial charge in [0.2, 0.25) is 0 Å². The largest absolute Gasteiger partial charge is 0.480 e. The molecule has 31 heavy (non-hydrogen) atoms. The first kappa shape index (κ1) is 24.6. The van der Waals surface area contributed by atoms with Crippen LogP contribution in [0.5, 0.6) is 0 Å². The van der Waals surface area contributed by atoms with Crippen molar-refractivity contribution < 1.29 is 29.7 Å². The van der Waals surface area contributed by atoms with Crippen molar-refractivity contribution in [2.45, 2.75) is 17.4 Å². The zero-order valence-electron chi connectivity index (χ0n) is 17.0. The van der Waals surface area contributed by atoms with Gasteiger partial charge in [-0.3, -0.25) is 29.1 Å². The van der Waals surface area contributed by atoms with E-state index in [0.717, 1.165) is 22.2 Å². The van der Waals surface area contributed by atoms with E-state index < -0.39 is 17.9 Å².